The van der Waals surface area contributed by atoms with Crippen LogP contribution in [-0.2, 0) is 6.18 Å². The van der Waals surface area contributed by atoms with Gasteiger partial charge in [0.05, 0.1) is 68.3 Å². The maximum Gasteiger partial charge on any atom is 0.416 e. The Hall–Kier alpha value is -10.3. The molecule has 12 rings (SSSR count). The van der Waals surface area contributed by atoms with E-state index in [0.717, 1.165) is 44.2 Å². The highest BCUT2D eigenvalue weighted by molar-refractivity contribution is 6.13. The van der Waals surface area contributed by atoms with Gasteiger partial charge in [-0.1, -0.05) is 158 Å². The normalized spacial score (nSPS) is 11.4. The van der Waals surface area contributed by atoms with E-state index in [1.165, 1.54) is 12.1 Å². The average Bonchev–Trinajstić information content (AvgIpc) is 3.89. The van der Waals surface area contributed by atoms with Gasteiger partial charge < -0.3 is 4.57 Å². The average molecular weight is 974 g/mol. The Labute approximate surface area is 429 Å². The van der Waals surface area contributed by atoms with Crippen LogP contribution in [0, 0.1) is 22.7 Å². The third kappa shape index (κ3) is 8.84. The quantitative estimate of drug-likeness (QED) is 0.143. The van der Waals surface area contributed by atoms with E-state index in [2.05, 4.69) is 24.3 Å². The summed E-state index contributed by atoms with van der Waals surface area (Å²) in [6.45, 7) is 0. The Morgan fingerprint density at radius 2 is 0.693 bits per heavy atom. The molecule has 0 radical (unpaired) electrons. The number of nitriles is 2. The molecule has 12 aromatic rings. The first-order valence-corrected chi connectivity index (χ1v) is 24.0. The predicted molar refractivity (Wildman–Crippen MR) is 290 cm³/mol. The molecule has 3 aromatic heterocycles. The highest BCUT2D eigenvalue weighted by atomic mass is 19.4. The van der Waals surface area contributed by atoms with Crippen molar-refractivity contribution in [2.45, 2.75) is 6.18 Å². The standard InChI is InChI=1S/C65H38F3N7/c66-65(67,68)51-35-54(58-37-56(45-13-5-1-6-14-45)71-63(73-58)47-17-9-3-10-18-47)62(55(36-51)59-38-57(46-15-7-2-8-16-46)72-64(74-59)48-19-11-4-12-20-48)75-60-31-29-49(43-25-21-41(39-69)22-26-43)33-52(60)53-34-50(30-32-61(53)75)44-27-23-42(40-70)24-28-44/h1-38H. The molecule has 0 spiro atoms. The van der Waals surface area contributed by atoms with Crippen LogP contribution in [0.3, 0.4) is 0 Å². The highest BCUT2D eigenvalue weighted by Crippen LogP contribution is 2.47. The predicted octanol–water partition coefficient (Wildman–Crippen LogP) is 16.5. The molecule has 0 aliphatic carbocycles. The zero-order valence-corrected chi connectivity index (χ0v) is 39.7. The maximum absolute atomic E-state index is 15.9. The fourth-order valence-corrected chi connectivity index (χ4v) is 9.64. The topological polar surface area (TPSA) is 104 Å². The number of aromatic nitrogens is 5. The number of halogens is 3. The Morgan fingerprint density at radius 3 is 1.05 bits per heavy atom. The van der Waals surface area contributed by atoms with Crippen molar-refractivity contribution in [3.63, 3.8) is 0 Å². The number of hydrogen-bond donors (Lipinski definition) is 0. The SMILES string of the molecule is N#Cc1ccc(-c2ccc3c(c2)c2cc(-c4ccc(C#N)cc4)ccc2n3-c2c(-c3cc(-c4ccccc4)nc(-c4ccccc4)n3)cc(C(F)(F)F)cc2-c2cc(-c3ccccc3)nc(-c3ccccc3)n2)cc1. The van der Waals surface area contributed by atoms with Gasteiger partial charge in [-0.25, -0.2) is 19.9 Å². The van der Waals surface area contributed by atoms with E-state index in [4.69, 9.17) is 19.9 Å². The number of benzene rings is 9. The van der Waals surface area contributed by atoms with Crippen LogP contribution < -0.4 is 0 Å². The number of fused-ring (bicyclic) bond motifs is 3. The van der Waals surface area contributed by atoms with Crippen LogP contribution in [0.5, 0.6) is 0 Å². The molecule has 0 unspecified atom stereocenters. The summed E-state index contributed by atoms with van der Waals surface area (Å²) < 4.78 is 49.8. The van der Waals surface area contributed by atoms with E-state index in [9.17, 15) is 10.5 Å². The van der Waals surface area contributed by atoms with E-state index in [-0.39, 0.29) is 22.5 Å². The second kappa shape index (κ2) is 19.0. The molecule has 7 nitrogen and oxygen atoms in total. The molecule has 354 valence electrons. The van der Waals surface area contributed by atoms with Crippen molar-refractivity contribution in [1.29, 1.82) is 10.5 Å². The smallest absolute Gasteiger partial charge is 0.308 e. The molecule has 75 heavy (non-hydrogen) atoms. The second-order valence-electron chi connectivity index (χ2n) is 18.0. The molecular formula is C65H38F3N7. The summed E-state index contributed by atoms with van der Waals surface area (Å²) in [7, 11) is 0. The lowest BCUT2D eigenvalue weighted by Crippen LogP contribution is -2.10. The number of alkyl halides is 3. The molecule has 0 atom stereocenters. The van der Waals surface area contributed by atoms with Crippen molar-refractivity contribution in [1.82, 2.24) is 24.5 Å². The van der Waals surface area contributed by atoms with E-state index >= 15 is 13.2 Å². The first-order valence-electron chi connectivity index (χ1n) is 24.0. The Bertz CT molecular complexity index is 3820. The van der Waals surface area contributed by atoms with Gasteiger partial charge in [-0.2, -0.15) is 23.7 Å². The Balaban J connectivity index is 1.24. The van der Waals surface area contributed by atoms with Crippen LogP contribution in [0.4, 0.5) is 13.2 Å². The minimum Gasteiger partial charge on any atom is -0.308 e. The molecule has 0 N–H and O–H groups in total. The van der Waals surface area contributed by atoms with Gasteiger partial charge in [-0.05, 0) is 95.1 Å². The first kappa shape index (κ1) is 45.8. The van der Waals surface area contributed by atoms with Crippen molar-refractivity contribution in [2.75, 3.05) is 0 Å². The van der Waals surface area contributed by atoms with Crippen molar-refractivity contribution in [3.8, 4) is 108 Å². The van der Waals surface area contributed by atoms with Crippen LogP contribution in [0.15, 0.2) is 231 Å². The third-order valence-corrected chi connectivity index (χ3v) is 13.3. The highest BCUT2D eigenvalue weighted by Gasteiger charge is 2.35. The summed E-state index contributed by atoms with van der Waals surface area (Å²) in [5, 5.41) is 20.9. The first-order chi connectivity index (χ1) is 36.7. The molecule has 3 heterocycles. The minimum absolute atomic E-state index is 0.184. The molecule has 9 aromatic carbocycles. The van der Waals surface area contributed by atoms with Crippen LogP contribution in [0.1, 0.15) is 16.7 Å². The Morgan fingerprint density at radius 1 is 0.347 bits per heavy atom. The van der Waals surface area contributed by atoms with Gasteiger partial charge in [0.1, 0.15) is 0 Å². The monoisotopic (exact) mass is 973 g/mol. The fourth-order valence-electron chi connectivity index (χ4n) is 9.64. The molecular weight excluding hydrogens is 936 g/mol. The van der Waals surface area contributed by atoms with Gasteiger partial charge in [0, 0.05) is 44.2 Å². The summed E-state index contributed by atoms with van der Waals surface area (Å²) in [5.41, 5.74) is 10.2. The fraction of sp³-hybridized carbons (Fsp3) is 0.0154. The maximum atomic E-state index is 15.9. The second-order valence-corrected chi connectivity index (χ2v) is 18.0. The number of nitrogens with zero attached hydrogens (tertiary/aromatic N) is 7. The van der Waals surface area contributed by atoms with Crippen LogP contribution in [0.25, 0.3) is 118 Å². The summed E-state index contributed by atoms with van der Waals surface area (Å²) in [5.74, 6) is 0.663. The zero-order valence-electron chi connectivity index (χ0n) is 39.7. The van der Waals surface area contributed by atoms with E-state index in [0.29, 0.717) is 62.0 Å². The van der Waals surface area contributed by atoms with E-state index < -0.39 is 11.7 Å². The van der Waals surface area contributed by atoms with Gasteiger partial charge in [0.25, 0.3) is 0 Å². The lowest BCUT2D eigenvalue weighted by atomic mass is 9.95. The number of rotatable bonds is 9. The van der Waals surface area contributed by atoms with Gasteiger partial charge in [-0.15, -0.1) is 0 Å². The van der Waals surface area contributed by atoms with Gasteiger partial charge in [0.15, 0.2) is 11.6 Å². The molecule has 0 aliphatic heterocycles. The summed E-state index contributed by atoms with van der Waals surface area (Å²) in [6.07, 6.45) is -4.82. The van der Waals surface area contributed by atoms with Crippen molar-refractivity contribution in [2.24, 2.45) is 0 Å². The Kier molecular flexibility index (Phi) is 11.6. The van der Waals surface area contributed by atoms with Crippen LogP contribution in [-0.4, -0.2) is 24.5 Å². The number of hydrogen-bond acceptors (Lipinski definition) is 6. The van der Waals surface area contributed by atoms with E-state index in [1.807, 2.05) is 174 Å². The largest absolute Gasteiger partial charge is 0.416 e. The molecule has 0 saturated heterocycles. The molecule has 0 bridgehead atoms. The van der Waals surface area contributed by atoms with Crippen molar-refractivity contribution < 1.29 is 13.2 Å². The molecule has 0 fully saturated rings. The summed E-state index contributed by atoms with van der Waals surface area (Å²) in [6, 6.07) is 75.0. The van der Waals surface area contributed by atoms with Gasteiger partial charge in [-0.3, -0.25) is 0 Å². The van der Waals surface area contributed by atoms with Crippen LogP contribution in [0.2, 0.25) is 0 Å². The van der Waals surface area contributed by atoms with Gasteiger partial charge in [0.2, 0.25) is 0 Å². The van der Waals surface area contributed by atoms with Crippen molar-refractivity contribution >= 4 is 21.8 Å². The lowest BCUT2D eigenvalue weighted by molar-refractivity contribution is -0.137. The van der Waals surface area contributed by atoms with Crippen molar-refractivity contribution in [3.05, 3.63) is 247 Å². The summed E-state index contributed by atoms with van der Waals surface area (Å²) >= 11 is 0. The van der Waals surface area contributed by atoms with Crippen LogP contribution >= 0.6 is 0 Å². The molecule has 0 saturated carbocycles. The zero-order chi connectivity index (χ0) is 51.0. The van der Waals surface area contributed by atoms with Gasteiger partial charge >= 0.3 is 6.18 Å². The minimum atomic E-state index is -4.82. The molecule has 0 aliphatic rings. The lowest BCUT2D eigenvalue weighted by Gasteiger charge is -2.22. The third-order valence-electron chi connectivity index (χ3n) is 13.3. The van der Waals surface area contributed by atoms with E-state index in [1.54, 1.807) is 36.4 Å². The molecule has 10 heteroatoms. The summed E-state index contributed by atoms with van der Waals surface area (Å²) in [4.78, 5) is 20.4. The molecule has 0 amide bonds.